The zero-order valence-corrected chi connectivity index (χ0v) is 11.2. The molecule has 0 aliphatic heterocycles. The summed E-state index contributed by atoms with van der Waals surface area (Å²) >= 11 is 0. The Labute approximate surface area is 115 Å². The normalized spacial score (nSPS) is 10.4. The average molecular weight is 276 g/mol. The van der Waals surface area contributed by atoms with E-state index in [1.165, 1.54) is 6.20 Å². The fourth-order valence-corrected chi connectivity index (χ4v) is 1.75. The highest BCUT2D eigenvalue weighted by Gasteiger charge is 2.03. The van der Waals surface area contributed by atoms with Gasteiger partial charge in [-0.25, -0.2) is 4.98 Å². The van der Waals surface area contributed by atoms with Crippen LogP contribution in [0.3, 0.4) is 0 Å². The lowest BCUT2D eigenvalue weighted by molar-refractivity contribution is -0.143. The number of fused-ring (bicyclic) bond motifs is 1. The van der Waals surface area contributed by atoms with Gasteiger partial charge in [-0.2, -0.15) is 0 Å². The van der Waals surface area contributed by atoms with E-state index in [4.69, 9.17) is 9.47 Å². The van der Waals surface area contributed by atoms with E-state index in [0.29, 0.717) is 42.8 Å². The van der Waals surface area contributed by atoms with Crippen LogP contribution >= 0.6 is 0 Å². The predicted molar refractivity (Wildman–Crippen MR) is 73.7 cm³/mol. The predicted octanol–water partition coefficient (Wildman–Crippen LogP) is 1.65. The lowest BCUT2D eigenvalue weighted by Gasteiger charge is -2.06. The van der Waals surface area contributed by atoms with Crippen molar-refractivity contribution in [1.82, 2.24) is 9.97 Å². The monoisotopic (exact) mass is 276 g/mol. The van der Waals surface area contributed by atoms with Crippen LogP contribution in [-0.4, -0.2) is 29.2 Å². The van der Waals surface area contributed by atoms with E-state index in [-0.39, 0.29) is 11.5 Å². The Balaban J connectivity index is 1.89. The van der Waals surface area contributed by atoms with Crippen LogP contribution in [0.15, 0.2) is 29.2 Å². The molecule has 106 valence electrons. The fraction of sp³-hybridized carbons (Fsp3) is 0.357. The van der Waals surface area contributed by atoms with Gasteiger partial charge in [0.2, 0.25) is 0 Å². The largest absolute Gasteiger partial charge is 0.494 e. The SMILES string of the molecule is CCOC(=O)CCCOc1ccc2[nH]c(=O)cnc2c1. The van der Waals surface area contributed by atoms with Gasteiger partial charge in [0, 0.05) is 12.5 Å². The third-order valence-electron chi connectivity index (χ3n) is 2.65. The molecule has 0 amide bonds. The summed E-state index contributed by atoms with van der Waals surface area (Å²) in [5, 5.41) is 0. The second kappa shape index (κ2) is 6.70. The lowest BCUT2D eigenvalue weighted by atomic mass is 10.3. The van der Waals surface area contributed by atoms with Crippen molar-refractivity contribution in [3.05, 3.63) is 34.7 Å². The Bertz CT molecular complexity index is 651. The number of nitrogens with zero attached hydrogens (tertiary/aromatic N) is 1. The Morgan fingerprint density at radius 2 is 2.25 bits per heavy atom. The molecule has 0 saturated carbocycles. The van der Waals surface area contributed by atoms with Crippen LogP contribution in [0, 0.1) is 0 Å². The number of H-pyrrole nitrogens is 1. The van der Waals surface area contributed by atoms with Crippen molar-refractivity contribution < 1.29 is 14.3 Å². The van der Waals surface area contributed by atoms with Gasteiger partial charge in [-0.3, -0.25) is 9.59 Å². The van der Waals surface area contributed by atoms with Crippen molar-refractivity contribution in [2.45, 2.75) is 19.8 Å². The van der Waals surface area contributed by atoms with E-state index < -0.39 is 0 Å². The van der Waals surface area contributed by atoms with E-state index in [9.17, 15) is 9.59 Å². The van der Waals surface area contributed by atoms with Gasteiger partial charge < -0.3 is 14.5 Å². The maximum absolute atomic E-state index is 11.1. The van der Waals surface area contributed by atoms with E-state index in [1.807, 2.05) is 0 Å². The zero-order chi connectivity index (χ0) is 14.4. The van der Waals surface area contributed by atoms with Gasteiger partial charge >= 0.3 is 5.97 Å². The summed E-state index contributed by atoms with van der Waals surface area (Å²) in [6.07, 6.45) is 2.16. The molecule has 20 heavy (non-hydrogen) atoms. The van der Waals surface area contributed by atoms with Crippen molar-refractivity contribution in [2.24, 2.45) is 0 Å². The van der Waals surface area contributed by atoms with Crippen molar-refractivity contribution >= 4 is 17.0 Å². The van der Waals surface area contributed by atoms with Gasteiger partial charge in [0.1, 0.15) is 5.75 Å². The standard InChI is InChI=1S/C14H16N2O4/c1-2-19-14(18)4-3-7-20-10-5-6-11-12(8-10)15-9-13(17)16-11/h5-6,8-9H,2-4,7H2,1H3,(H,16,17). The molecule has 1 aromatic heterocycles. The molecule has 0 radical (unpaired) electrons. The molecule has 0 atom stereocenters. The number of esters is 1. The molecule has 0 saturated heterocycles. The lowest BCUT2D eigenvalue weighted by Crippen LogP contribution is -2.07. The number of carbonyl (C=O) groups is 1. The van der Waals surface area contributed by atoms with Crippen LogP contribution < -0.4 is 10.3 Å². The van der Waals surface area contributed by atoms with Crippen LogP contribution in [0.4, 0.5) is 0 Å². The molecule has 1 aromatic carbocycles. The molecule has 6 heteroatoms. The van der Waals surface area contributed by atoms with E-state index >= 15 is 0 Å². The average Bonchev–Trinajstić information content (AvgIpc) is 2.44. The summed E-state index contributed by atoms with van der Waals surface area (Å²) in [7, 11) is 0. The maximum Gasteiger partial charge on any atom is 0.305 e. The van der Waals surface area contributed by atoms with Crippen LogP contribution in [0.1, 0.15) is 19.8 Å². The second-order valence-electron chi connectivity index (χ2n) is 4.18. The number of rotatable bonds is 6. The van der Waals surface area contributed by atoms with Gasteiger partial charge in [0.05, 0.1) is 30.4 Å². The van der Waals surface area contributed by atoms with Gasteiger partial charge in [-0.05, 0) is 25.5 Å². The van der Waals surface area contributed by atoms with Crippen LogP contribution in [0.2, 0.25) is 0 Å². The number of aromatic amines is 1. The molecule has 0 bridgehead atoms. The molecule has 0 fully saturated rings. The molecule has 1 heterocycles. The summed E-state index contributed by atoms with van der Waals surface area (Å²) in [6.45, 7) is 2.60. The minimum Gasteiger partial charge on any atom is -0.494 e. The number of aromatic nitrogens is 2. The summed E-state index contributed by atoms with van der Waals surface area (Å²) in [5.41, 5.74) is 1.09. The molecule has 2 rings (SSSR count). The van der Waals surface area contributed by atoms with E-state index in [1.54, 1.807) is 25.1 Å². The number of benzene rings is 1. The number of hydrogen-bond donors (Lipinski definition) is 1. The maximum atomic E-state index is 11.1. The quantitative estimate of drug-likeness (QED) is 0.640. The summed E-state index contributed by atoms with van der Waals surface area (Å²) in [4.78, 5) is 28.9. The summed E-state index contributed by atoms with van der Waals surface area (Å²) in [5.74, 6) is 0.440. The third kappa shape index (κ3) is 3.81. The second-order valence-corrected chi connectivity index (χ2v) is 4.18. The third-order valence-corrected chi connectivity index (χ3v) is 2.65. The Kier molecular flexibility index (Phi) is 4.70. The number of hydrogen-bond acceptors (Lipinski definition) is 5. The highest BCUT2D eigenvalue weighted by Crippen LogP contribution is 2.16. The number of ether oxygens (including phenoxy) is 2. The number of nitrogens with one attached hydrogen (secondary N) is 1. The zero-order valence-electron chi connectivity index (χ0n) is 11.2. The summed E-state index contributed by atoms with van der Waals surface area (Å²) in [6, 6.07) is 5.24. The van der Waals surface area contributed by atoms with Gasteiger partial charge in [-0.1, -0.05) is 0 Å². The Morgan fingerprint density at radius 3 is 3.05 bits per heavy atom. The van der Waals surface area contributed by atoms with Crippen LogP contribution in [-0.2, 0) is 9.53 Å². The first kappa shape index (κ1) is 14.0. The molecule has 0 aliphatic rings. The minimum atomic E-state index is -0.236. The van der Waals surface area contributed by atoms with Crippen molar-refractivity contribution in [3.63, 3.8) is 0 Å². The first-order valence-electron chi connectivity index (χ1n) is 6.46. The molecule has 2 aromatic rings. The van der Waals surface area contributed by atoms with Gasteiger partial charge in [0.25, 0.3) is 5.56 Å². The Morgan fingerprint density at radius 1 is 1.40 bits per heavy atom. The number of carbonyl (C=O) groups excluding carboxylic acids is 1. The minimum absolute atomic E-state index is 0.214. The first-order valence-corrected chi connectivity index (χ1v) is 6.46. The molecular formula is C14H16N2O4. The highest BCUT2D eigenvalue weighted by atomic mass is 16.5. The smallest absolute Gasteiger partial charge is 0.305 e. The molecule has 1 N–H and O–H groups in total. The van der Waals surface area contributed by atoms with Gasteiger partial charge in [0.15, 0.2) is 0 Å². The topological polar surface area (TPSA) is 81.3 Å². The van der Waals surface area contributed by atoms with E-state index in [2.05, 4.69) is 9.97 Å². The van der Waals surface area contributed by atoms with Crippen LogP contribution in [0.5, 0.6) is 5.75 Å². The van der Waals surface area contributed by atoms with Gasteiger partial charge in [-0.15, -0.1) is 0 Å². The molecule has 0 unspecified atom stereocenters. The fourth-order valence-electron chi connectivity index (χ4n) is 1.75. The molecule has 0 aliphatic carbocycles. The van der Waals surface area contributed by atoms with E-state index in [0.717, 1.165) is 0 Å². The van der Waals surface area contributed by atoms with Crippen molar-refractivity contribution in [3.8, 4) is 5.75 Å². The highest BCUT2D eigenvalue weighted by molar-refractivity contribution is 5.75. The molecule has 0 spiro atoms. The first-order chi connectivity index (χ1) is 9.69. The van der Waals surface area contributed by atoms with Crippen molar-refractivity contribution in [2.75, 3.05) is 13.2 Å². The molecular weight excluding hydrogens is 260 g/mol. The Hall–Kier alpha value is -2.37. The summed E-state index contributed by atoms with van der Waals surface area (Å²) < 4.78 is 10.4. The molecule has 6 nitrogen and oxygen atoms in total. The van der Waals surface area contributed by atoms with Crippen LogP contribution in [0.25, 0.3) is 11.0 Å². The van der Waals surface area contributed by atoms with Crippen molar-refractivity contribution in [1.29, 1.82) is 0 Å².